The lowest BCUT2D eigenvalue weighted by Gasteiger charge is -2.17. The van der Waals surface area contributed by atoms with Crippen LogP contribution in [0.4, 0.5) is 0 Å². The molecule has 0 fully saturated rings. The number of carbonyl (C=O) groups excluding carboxylic acids is 1. The van der Waals surface area contributed by atoms with Crippen LogP contribution in [0.1, 0.15) is 16.7 Å². The number of rotatable bonds is 5. The molecule has 26 heavy (non-hydrogen) atoms. The Bertz CT molecular complexity index is 990. The third-order valence-corrected chi connectivity index (χ3v) is 4.51. The number of aryl methyl sites for hydroxylation is 1. The van der Waals surface area contributed by atoms with Crippen molar-refractivity contribution in [2.75, 3.05) is 14.2 Å². The molecule has 3 aromatic rings. The van der Waals surface area contributed by atoms with Crippen molar-refractivity contribution in [1.82, 2.24) is 9.88 Å². The van der Waals surface area contributed by atoms with Gasteiger partial charge in [-0.3, -0.25) is 9.59 Å². The number of nitrogens with one attached hydrogen (secondary N) is 1. The molecule has 0 aliphatic rings. The largest absolute Gasteiger partial charge is 0.497 e. The van der Waals surface area contributed by atoms with Gasteiger partial charge in [0.15, 0.2) is 0 Å². The molecule has 0 radical (unpaired) electrons. The van der Waals surface area contributed by atoms with Crippen molar-refractivity contribution in [3.8, 4) is 5.75 Å². The average Bonchev–Trinajstić information content (AvgIpc) is 2.64. The predicted molar refractivity (Wildman–Crippen MR) is 102 cm³/mol. The molecule has 5 nitrogen and oxygen atoms in total. The first-order valence-corrected chi connectivity index (χ1v) is 8.46. The smallest absolute Gasteiger partial charge is 0.253 e. The predicted octanol–water partition coefficient (Wildman–Crippen LogP) is 3.05. The Labute approximate surface area is 152 Å². The number of aromatic nitrogens is 1. The van der Waals surface area contributed by atoms with Gasteiger partial charge in [0.05, 0.1) is 25.6 Å². The molecule has 0 spiro atoms. The molecule has 0 aliphatic carbocycles. The van der Waals surface area contributed by atoms with Crippen molar-refractivity contribution >= 4 is 16.8 Å². The molecule has 5 heteroatoms. The second kappa shape index (κ2) is 7.44. The van der Waals surface area contributed by atoms with Gasteiger partial charge in [-0.2, -0.15) is 0 Å². The summed E-state index contributed by atoms with van der Waals surface area (Å²) in [4.78, 5) is 29.4. The summed E-state index contributed by atoms with van der Waals surface area (Å²) in [7, 11) is 3.32. The maximum Gasteiger partial charge on any atom is 0.253 e. The minimum absolute atomic E-state index is 0.0427. The van der Waals surface area contributed by atoms with Crippen LogP contribution in [0.5, 0.6) is 5.75 Å². The molecule has 0 aliphatic heterocycles. The molecular weight excluding hydrogens is 328 g/mol. The lowest BCUT2D eigenvalue weighted by molar-refractivity contribution is -0.129. The monoisotopic (exact) mass is 350 g/mol. The fraction of sp³-hybridized carbons (Fsp3) is 0.238. The first kappa shape index (κ1) is 17.7. The Balaban J connectivity index is 1.75. The zero-order valence-electron chi connectivity index (χ0n) is 15.2. The Kier molecular flexibility index (Phi) is 5.07. The summed E-state index contributed by atoms with van der Waals surface area (Å²) in [5, 5.41) is 0.968. The van der Waals surface area contributed by atoms with Crippen molar-refractivity contribution in [3.05, 3.63) is 75.6 Å². The number of carbonyl (C=O) groups is 1. The number of pyridine rings is 1. The number of hydrogen-bond donors (Lipinski definition) is 1. The second-order valence-corrected chi connectivity index (χ2v) is 6.44. The van der Waals surface area contributed by atoms with E-state index in [0.717, 1.165) is 27.8 Å². The number of methoxy groups -OCH3 is 1. The zero-order chi connectivity index (χ0) is 18.7. The minimum Gasteiger partial charge on any atom is -0.497 e. The second-order valence-electron chi connectivity index (χ2n) is 6.44. The van der Waals surface area contributed by atoms with Crippen LogP contribution in [0.15, 0.2) is 53.3 Å². The summed E-state index contributed by atoms with van der Waals surface area (Å²) >= 11 is 0. The fourth-order valence-corrected chi connectivity index (χ4v) is 2.94. The first-order valence-electron chi connectivity index (χ1n) is 8.46. The highest BCUT2D eigenvalue weighted by Crippen LogP contribution is 2.16. The zero-order valence-corrected chi connectivity index (χ0v) is 15.2. The maximum atomic E-state index is 12.5. The quantitative estimate of drug-likeness (QED) is 0.769. The van der Waals surface area contributed by atoms with E-state index in [1.54, 1.807) is 19.1 Å². The third kappa shape index (κ3) is 3.77. The van der Waals surface area contributed by atoms with Gasteiger partial charge in [-0.05, 0) is 41.6 Å². The number of hydrogen-bond acceptors (Lipinski definition) is 3. The fourth-order valence-electron chi connectivity index (χ4n) is 2.94. The SMILES string of the molecule is COc1ccc(CC(=O)N(C)Cc2cc3cccc(C)c3[nH]c2=O)cc1. The number of H-pyrrole nitrogens is 1. The third-order valence-electron chi connectivity index (χ3n) is 4.51. The summed E-state index contributed by atoms with van der Waals surface area (Å²) in [5.74, 6) is 0.714. The van der Waals surface area contributed by atoms with Gasteiger partial charge in [-0.15, -0.1) is 0 Å². The highest BCUT2D eigenvalue weighted by atomic mass is 16.5. The standard InChI is InChI=1S/C21H22N2O3/c1-14-5-4-6-16-12-17(21(25)22-20(14)16)13-23(2)19(24)11-15-7-9-18(26-3)10-8-15/h4-10,12H,11,13H2,1-3H3,(H,22,25). The van der Waals surface area contributed by atoms with Crippen molar-refractivity contribution in [2.24, 2.45) is 0 Å². The van der Waals surface area contributed by atoms with Gasteiger partial charge in [0.25, 0.3) is 5.56 Å². The van der Waals surface area contributed by atoms with E-state index < -0.39 is 0 Å². The highest BCUT2D eigenvalue weighted by molar-refractivity contribution is 5.82. The van der Waals surface area contributed by atoms with E-state index in [-0.39, 0.29) is 24.4 Å². The van der Waals surface area contributed by atoms with E-state index in [1.165, 1.54) is 0 Å². The van der Waals surface area contributed by atoms with Gasteiger partial charge in [0.2, 0.25) is 5.91 Å². The lowest BCUT2D eigenvalue weighted by atomic mass is 10.1. The van der Waals surface area contributed by atoms with Gasteiger partial charge in [0, 0.05) is 12.6 Å². The molecular formula is C21H22N2O3. The normalized spacial score (nSPS) is 10.7. The number of aromatic amines is 1. The lowest BCUT2D eigenvalue weighted by Crippen LogP contribution is -2.30. The number of fused-ring (bicyclic) bond motifs is 1. The molecule has 3 rings (SSSR count). The Morgan fingerprint density at radius 3 is 2.58 bits per heavy atom. The average molecular weight is 350 g/mol. The summed E-state index contributed by atoms with van der Waals surface area (Å²) in [6.07, 6.45) is 0.283. The van der Waals surface area contributed by atoms with Crippen molar-refractivity contribution in [2.45, 2.75) is 19.9 Å². The number of amides is 1. The molecule has 0 bridgehead atoms. The summed E-state index contributed by atoms with van der Waals surface area (Å²) in [6, 6.07) is 15.1. The molecule has 1 N–H and O–H groups in total. The van der Waals surface area contributed by atoms with E-state index in [0.29, 0.717) is 5.56 Å². The van der Waals surface area contributed by atoms with Crippen LogP contribution in [-0.4, -0.2) is 29.9 Å². The number of para-hydroxylation sites is 1. The van der Waals surface area contributed by atoms with E-state index >= 15 is 0 Å². The molecule has 0 unspecified atom stereocenters. The van der Waals surface area contributed by atoms with Crippen LogP contribution in [-0.2, 0) is 17.8 Å². The topological polar surface area (TPSA) is 62.4 Å². The Morgan fingerprint density at radius 1 is 1.15 bits per heavy atom. The number of likely N-dealkylation sites (N-methyl/N-ethyl adjacent to an activating group) is 1. The van der Waals surface area contributed by atoms with E-state index in [4.69, 9.17) is 4.74 Å². The van der Waals surface area contributed by atoms with E-state index in [9.17, 15) is 9.59 Å². The highest BCUT2D eigenvalue weighted by Gasteiger charge is 2.13. The van der Waals surface area contributed by atoms with Gasteiger partial charge in [0.1, 0.15) is 5.75 Å². The minimum atomic E-state index is -0.157. The van der Waals surface area contributed by atoms with Gasteiger partial charge in [-0.25, -0.2) is 0 Å². The van der Waals surface area contributed by atoms with Crippen molar-refractivity contribution in [3.63, 3.8) is 0 Å². The van der Waals surface area contributed by atoms with Crippen molar-refractivity contribution in [1.29, 1.82) is 0 Å². The molecule has 1 amide bonds. The number of nitrogens with zero attached hydrogens (tertiary/aromatic N) is 1. The molecule has 0 saturated carbocycles. The van der Waals surface area contributed by atoms with Crippen molar-refractivity contribution < 1.29 is 9.53 Å². The van der Waals surface area contributed by atoms with Crippen LogP contribution < -0.4 is 10.3 Å². The molecule has 1 heterocycles. The van der Waals surface area contributed by atoms with Gasteiger partial charge >= 0.3 is 0 Å². The van der Waals surface area contributed by atoms with Crippen LogP contribution in [0, 0.1) is 6.92 Å². The molecule has 2 aromatic carbocycles. The molecule has 0 saturated heterocycles. The number of benzene rings is 2. The Hall–Kier alpha value is -3.08. The van der Waals surface area contributed by atoms with Crippen LogP contribution in [0.3, 0.4) is 0 Å². The van der Waals surface area contributed by atoms with Gasteiger partial charge < -0.3 is 14.6 Å². The molecule has 0 atom stereocenters. The van der Waals surface area contributed by atoms with Gasteiger partial charge in [-0.1, -0.05) is 30.3 Å². The van der Waals surface area contributed by atoms with Crippen LogP contribution >= 0.6 is 0 Å². The summed E-state index contributed by atoms with van der Waals surface area (Å²) < 4.78 is 5.12. The Morgan fingerprint density at radius 2 is 1.88 bits per heavy atom. The first-order chi connectivity index (χ1) is 12.5. The molecule has 134 valence electrons. The van der Waals surface area contributed by atoms with E-state index in [2.05, 4.69) is 4.98 Å². The maximum absolute atomic E-state index is 12.5. The number of ether oxygens (including phenoxy) is 1. The van der Waals surface area contributed by atoms with E-state index in [1.807, 2.05) is 55.5 Å². The van der Waals surface area contributed by atoms with Crippen LogP contribution in [0.2, 0.25) is 0 Å². The summed E-state index contributed by atoms with van der Waals surface area (Å²) in [6.45, 7) is 2.23. The summed E-state index contributed by atoms with van der Waals surface area (Å²) in [5.41, 5.74) is 3.19. The molecule has 1 aromatic heterocycles. The van der Waals surface area contributed by atoms with Crippen LogP contribution in [0.25, 0.3) is 10.9 Å².